The summed E-state index contributed by atoms with van der Waals surface area (Å²) in [5.41, 5.74) is 1.57. The van der Waals surface area contributed by atoms with Gasteiger partial charge in [-0.15, -0.1) is 0 Å². The van der Waals surface area contributed by atoms with Crippen molar-refractivity contribution in [1.82, 2.24) is 0 Å². The number of halogens is 1. The van der Waals surface area contributed by atoms with Crippen molar-refractivity contribution in [2.24, 2.45) is 5.92 Å². The van der Waals surface area contributed by atoms with Crippen molar-refractivity contribution in [2.75, 3.05) is 16.8 Å². The van der Waals surface area contributed by atoms with E-state index in [2.05, 4.69) is 21.2 Å². The molecule has 1 heterocycles. The Morgan fingerprint density at radius 1 is 1.09 bits per heavy atom. The van der Waals surface area contributed by atoms with Crippen LogP contribution in [0, 0.1) is 5.92 Å². The molecule has 0 unspecified atom stereocenters. The lowest BCUT2D eigenvalue weighted by Crippen LogP contribution is -2.28. The molecule has 1 saturated heterocycles. The van der Waals surface area contributed by atoms with Crippen molar-refractivity contribution in [3.63, 3.8) is 0 Å². The highest BCUT2D eigenvalue weighted by atomic mass is 79.9. The second kappa shape index (κ2) is 6.32. The molecule has 22 heavy (non-hydrogen) atoms. The summed E-state index contributed by atoms with van der Waals surface area (Å²) in [6.07, 6.45) is 0.245. The zero-order chi connectivity index (χ0) is 15.5. The maximum atomic E-state index is 12.3. The first kappa shape index (κ1) is 14.8. The average molecular weight is 359 g/mol. The topological polar surface area (TPSA) is 49.4 Å². The third-order valence-electron chi connectivity index (χ3n) is 3.68. The van der Waals surface area contributed by atoms with Crippen LogP contribution in [-0.4, -0.2) is 18.4 Å². The van der Waals surface area contributed by atoms with Crippen LogP contribution in [-0.2, 0) is 9.59 Å². The van der Waals surface area contributed by atoms with Gasteiger partial charge < -0.3 is 10.2 Å². The van der Waals surface area contributed by atoms with Crippen LogP contribution in [0.2, 0.25) is 0 Å². The summed E-state index contributed by atoms with van der Waals surface area (Å²) >= 11 is 3.37. The van der Waals surface area contributed by atoms with Gasteiger partial charge in [0.05, 0.1) is 5.92 Å². The molecule has 1 atom stereocenters. The minimum Gasteiger partial charge on any atom is -0.326 e. The highest BCUT2D eigenvalue weighted by Gasteiger charge is 2.35. The SMILES string of the molecule is O=C(Nc1ccccc1)[C@H]1CC(=O)N(c2ccc(Br)cc2)C1. The number of benzene rings is 2. The summed E-state index contributed by atoms with van der Waals surface area (Å²) in [6, 6.07) is 16.8. The molecule has 2 aromatic carbocycles. The quantitative estimate of drug-likeness (QED) is 0.913. The van der Waals surface area contributed by atoms with Crippen LogP contribution in [0.25, 0.3) is 0 Å². The summed E-state index contributed by atoms with van der Waals surface area (Å²) in [7, 11) is 0. The minimum atomic E-state index is -0.323. The number of carbonyl (C=O) groups excluding carboxylic acids is 2. The van der Waals surface area contributed by atoms with Crippen LogP contribution < -0.4 is 10.2 Å². The van der Waals surface area contributed by atoms with E-state index in [0.29, 0.717) is 6.54 Å². The number of nitrogens with one attached hydrogen (secondary N) is 1. The van der Waals surface area contributed by atoms with Gasteiger partial charge in [-0.2, -0.15) is 0 Å². The number of rotatable bonds is 3. The average Bonchev–Trinajstić information content (AvgIpc) is 2.91. The number of amides is 2. The van der Waals surface area contributed by atoms with Crippen molar-refractivity contribution in [3.8, 4) is 0 Å². The van der Waals surface area contributed by atoms with Crippen LogP contribution in [0.4, 0.5) is 11.4 Å². The largest absolute Gasteiger partial charge is 0.326 e. The van der Waals surface area contributed by atoms with Gasteiger partial charge in [0, 0.05) is 28.8 Å². The number of anilines is 2. The lowest BCUT2D eigenvalue weighted by atomic mass is 10.1. The Labute approximate surface area is 137 Å². The van der Waals surface area contributed by atoms with Gasteiger partial charge in [0.15, 0.2) is 0 Å². The summed E-state index contributed by atoms with van der Waals surface area (Å²) in [5.74, 6) is -0.453. The van der Waals surface area contributed by atoms with Crippen molar-refractivity contribution in [1.29, 1.82) is 0 Å². The zero-order valence-electron chi connectivity index (χ0n) is 11.8. The molecular formula is C17H15BrN2O2. The van der Waals surface area contributed by atoms with Crippen molar-refractivity contribution < 1.29 is 9.59 Å². The van der Waals surface area contributed by atoms with E-state index in [9.17, 15) is 9.59 Å². The van der Waals surface area contributed by atoms with Gasteiger partial charge in [-0.05, 0) is 36.4 Å². The van der Waals surface area contributed by atoms with E-state index < -0.39 is 0 Å². The van der Waals surface area contributed by atoms with Crippen LogP contribution >= 0.6 is 15.9 Å². The number of hydrogen-bond acceptors (Lipinski definition) is 2. The second-order valence-corrected chi connectivity index (χ2v) is 6.15. The van der Waals surface area contributed by atoms with Crippen molar-refractivity contribution >= 4 is 39.1 Å². The van der Waals surface area contributed by atoms with E-state index in [1.54, 1.807) is 4.90 Å². The molecule has 0 saturated carbocycles. The number of carbonyl (C=O) groups is 2. The standard InChI is InChI=1S/C17H15BrN2O2/c18-13-6-8-15(9-7-13)20-11-12(10-16(20)21)17(22)19-14-4-2-1-3-5-14/h1-9,12H,10-11H2,(H,19,22)/t12-/m0/s1. The van der Waals surface area contributed by atoms with E-state index in [0.717, 1.165) is 15.8 Å². The monoisotopic (exact) mass is 358 g/mol. The van der Waals surface area contributed by atoms with Gasteiger partial charge in [-0.1, -0.05) is 34.1 Å². The Kier molecular flexibility index (Phi) is 4.24. The van der Waals surface area contributed by atoms with Crippen LogP contribution in [0.5, 0.6) is 0 Å². The molecule has 112 valence electrons. The third-order valence-corrected chi connectivity index (χ3v) is 4.20. The minimum absolute atomic E-state index is 0.0180. The molecule has 2 amide bonds. The van der Waals surface area contributed by atoms with Gasteiger partial charge in [-0.3, -0.25) is 9.59 Å². The first-order valence-corrected chi connectivity index (χ1v) is 7.84. The first-order valence-electron chi connectivity index (χ1n) is 7.05. The molecule has 0 radical (unpaired) electrons. The molecule has 0 aliphatic carbocycles. The van der Waals surface area contributed by atoms with Crippen LogP contribution in [0.3, 0.4) is 0 Å². The molecule has 5 heteroatoms. The highest BCUT2D eigenvalue weighted by Crippen LogP contribution is 2.27. The van der Waals surface area contributed by atoms with Gasteiger partial charge in [0.2, 0.25) is 11.8 Å². The first-order chi connectivity index (χ1) is 10.6. The Bertz CT molecular complexity index is 686. The molecular weight excluding hydrogens is 344 g/mol. The van der Waals surface area contributed by atoms with Crippen molar-refractivity contribution in [3.05, 3.63) is 59.1 Å². The number of nitrogens with zero attached hydrogens (tertiary/aromatic N) is 1. The molecule has 0 bridgehead atoms. The summed E-state index contributed by atoms with van der Waals surface area (Å²) < 4.78 is 0.960. The van der Waals surface area contributed by atoms with E-state index >= 15 is 0 Å². The van der Waals surface area contributed by atoms with Crippen molar-refractivity contribution in [2.45, 2.75) is 6.42 Å². The molecule has 1 aliphatic heterocycles. The van der Waals surface area contributed by atoms with Gasteiger partial charge in [-0.25, -0.2) is 0 Å². The predicted octanol–water partition coefficient (Wildman–Crippen LogP) is 3.44. The third kappa shape index (κ3) is 3.20. The van der Waals surface area contributed by atoms with E-state index in [1.807, 2.05) is 54.6 Å². The number of hydrogen-bond donors (Lipinski definition) is 1. The number of para-hydroxylation sites is 1. The summed E-state index contributed by atoms with van der Waals surface area (Å²) in [6.45, 7) is 0.416. The van der Waals surface area contributed by atoms with Gasteiger partial charge in [0.25, 0.3) is 0 Å². The molecule has 1 fully saturated rings. The molecule has 3 rings (SSSR count). The van der Waals surface area contributed by atoms with Crippen LogP contribution in [0.1, 0.15) is 6.42 Å². The Hall–Kier alpha value is -2.14. The lowest BCUT2D eigenvalue weighted by molar-refractivity contribution is -0.122. The van der Waals surface area contributed by atoms with E-state index in [-0.39, 0.29) is 24.2 Å². The summed E-state index contributed by atoms with van der Waals surface area (Å²) in [5, 5.41) is 2.86. The normalized spacial score (nSPS) is 17.6. The molecule has 1 N–H and O–H groups in total. The van der Waals surface area contributed by atoms with Gasteiger partial charge in [0.1, 0.15) is 0 Å². The van der Waals surface area contributed by atoms with Crippen LogP contribution in [0.15, 0.2) is 59.1 Å². The zero-order valence-corrected chi connectivity index (χ0v) is 13.4. The molecule has 4 nitrogen and oxygen atoms in total. The Morgan fingerprint density at radius 2 is 1.77 bits per heavy atom. The fourth-order valence-electron chi connectivity index (χ4n) is 2.52. The molecule has 1 aliphatic rings. The Balaban J connectivity index is 1.69. The lowest BCUT2D eigenvalue weighted by Gasteiger charge is -2.16. The molecule has 2 aromatic rings. The van der Waals surface area contributed by atoms with E-state index in [1.165, 1.54) is 0 Å². The fraction of sp³-hybridized carbons (Fsp3) is 0.176. The molecule has 0 spiro atoms. The predicted molar refractivity (Wildman–Crippen MR) is 89.7 cm³/mol. The summed E-state index contributed by atoms with van der Waals surface area (Å²) in [4.78, 5) is 26.1. The smallest absolute Gasteiger partial charge is 0.229 e. The highest BCUT2D eigenvalue weighted by molar-refractivity contribution is 9.10. The molecule has 0 aromatic heterocycles. The Morgan fingerprint density at radius 3 is 2.45 bits per heavy atom. The van der Waals surface area contributed by atoms with Gasteiger partial charge >= 0.3 is 0 Å². The van der Waals surface area contributed by atoms with E-state index in [4.69, 9.17) is 0 Å². The second-order valence-electron chi connectivity index (χ2n) is 5.24. The maximum Gasteiger partial charge on any atom is 0.229 e. The fourth-order valence-corrected chi connectivity index (χ4v) is 2.78. The maximum absolute atomic E-state index is 12.3.